The van der Waals surface area contributed by atoms with Crippen molar-refractivity contribution in [1.82, 2.24) is 0 Å². The van der Waals surface area contributed by atoms with Crippen molar-refractivity contribution in [2.75, 3.05) is 0 Å². The van der Waals surface area contributed by atoms with E-state index in [0.29, 0.717) is 0 Å². The van der Waals surface area contributed by atoms with Crippen molar-refractivity contribution in [2.45, 2.75) is 45.5 Å². The van der Waals surface area contributed by atoms with E-state index >= 15 is 0 Å². The molecule has 0 fully saturated rings. The van der Waals surface area contributed by atoms with Crippen LogP contribution in [0.4, 0.5) is 0 Å². The second-order valence-corrected chi connectivity index (χ2v) is 10.1. The van der Waals surface area contributed by atoms with Crippen molar-refractivity contribution in [2.24, 2.45) is 0 Å². The standard InChI is InChI=1S/C11H20Si/c1-6-10-8-7-9(2)11(10)12(3,4)5/h7-8,11H,6H2,1-5H3. The maximum Gasteiger partial charge on any atom is 0.0565 e. The van der Waals surface area contributed by atoms with Crippen molar-refractivity contribution in [3.8, 4) is 0 Å². The Bertz CT molecular complexity index is 228. The lowest BCUT2D eigenvalue weighted by molar-refractivity contribution is 0.979. The van der Waals surface area contributed by atoms with Gasteiger partial charge in [0.15, 0.2) is 0 Å². The first kappa shape index (κ1) is 9.78. The molecular weight excluding hydrogens is 160 g/mol. The van der Waals surface area contributed by atoms with Crippen LogP contribution in [0.5, 0.6) is 0 Å². The Morgan fingerprint density at radius 3 is 2.17 bits per heavy atom. The van der Waals surface area contributed by atoms with Gasteiger partial charge in [0.25, 0.3) is 0 Å². The third kappa shape index (κ3) is 1.71. The lowest BCUT2D eigenvalue weighted by atomic mass is 10.1. The summed E-state index contributed by atoms with van der Waals surface area (Å²) in [5.41, 5.74) is 4.07. The molecule has 0 heterocycles. The zero-order chi connectivity index (χ0) is 9.35. The topological polar surface area (TPSA) is 0 Å². The van der Waals surface area contributed by atoms with Crippen LogP contribution in [0, 0.1) is 0 Å². The third-order valence-corrected chi connectivity index (χ3v) is 5.22. The first-order valence-electron chi connectivity index (χ1n) is 4.84. The molecule has 0 aromatic heterocycles. The molecule has 0 amide bonds. The van der Waals surface area contributed by atoms with Gasteiger partial charge < -0.3 is 0 Å². The second-order valence-electron chi connectivity index (χ2n) is 4.80. The van der Waals surface area contributed by atoms with Gasteiger partial charge in [-0.25, -0.2) is 0 Å². The molecule has 1 aliphatic carbocycles. The summed E-state index contributed by atoms with van der Waals surface area (Å²) in [6.07, 6.45) is 5.86. The normalized spacial score (nSPS) is 23.9. The minimum absolute atomic E-state index is 0.822. The summed E-state index contributed by atoms with van der Waals surface area (Å²) in [6.45, 7) is 11.9. The Hall–Kier alpha value is -0.303. The van der Waals surface area contributed by atoms with E-state index in [-0.39, 0.29) is 0 Å². The summed E-state index contributed by atoms with van der Waals surface area (Å²) in [5.74, 6) is 0. The van der Waals surface area contributed by atoms with Gasteiger partial charge in [-0.2, -0.15) is 0 Å². The van der Waals surface area contributed by atoms with Crippen LogP contribution in [0.2, 0.25) is 25.2 Å². The van der Waals surface area contributed by atoms with Gasteiger partial charge in [0.05, 0.1) is 8.07 Å². The molecular formula is C11H20Si. The van der Waals surface area contributed by atoms with Crippen LogP contribution in [0.15, 0.2) is 23.3 Å². The highest BCUT2D eigenvalue weighted by Gasteiger charge is 2.31. The molecule has 0 nitrogen and oxygen atoms in total. The zero-order valence-corrected chi connectivity index (χ0v) is 9.94. The smallest absolute Gasteiger partial charge is 0.0565 e. The van der Waals surface area contributed by atoms with E-state index in [0.717, 1.165) is 5.54 Å². The molecule has 1 aliphatic rings. The maximum absolute atomic E-state index is 2.46. The molecule has 0 aromatic rings. The first-order valence-corrected chi connectivity index (χ1v) is 8.41. The summed E-state index contributed by atoms with van der Waals surface area (Å²) in [6, 6.07) is 0. The van der Waals surface area contributed by atoms with Crippen molar-refractivity contribution >= 4 is 8.07 Å². The molecule has 68 valence electrons. The summed E-state index contributed by atoms with van der Waals surface area (Å²) in [4.78, 5) is 0. The fraction of sp³-hybridized carbons (Fsp3) is 0.636. The molecule has 0 aliphatic heterocycles. The molecule has 0 saturated carbocycles. The summed E-state index contributed by atoms with van der Waals surface area (Å²) in [5, 5.41) is 0. The quantitative estimate of drug-likeness (QED) is 0.564. The van der Waals surface area contributed by atoms with E-state index in [4.69, 9.17) is 0 Å². The van der Waals surface area contributed by atoms with Gasteiger partial charge in [-0.05, 0) is 18.9 Å². The van der Waals surface area contributed by atoms with E-state index in [1.54, 1.807) is 11.1 Å². The average molecular weight is 180 g/mol. The van der Waals surface area contributed by atoms with Gasteiger partial charge in [-0.1, -0.05) is 49.9 Å². The van der Waals surface area contributed by atoms with E-state index in [9.17, 15) is 0 Å². The van der Waals surface area contributed by atoms with Crippen molar-refractivity contribution in [3.05, 3.63) is 23.3 Å². The highest BCUT2D eigenvalue weighted by atomic mass is 28.3. The SMILES string of the molecule is CCC1=CC=C(C)C1[Si](C)(C)C. The first-order chi connectivity index (χ1) is 5.46. The van der Waals surface area contributed by atoms with Crippen LogP contribution in [0.1, 0.15) is 20.3 Å². The number of hydrogen-bond donors (Lipinski definition) is 0. The third-order valence-electron chi connectivity index (χ3n) is 2.66. The molecule has 1 rings (SSSR count). The minimum atomic E-state index is -1.01. The van der Waals surface area contributed by atoms with Crippen LogP contribution in [0.3, 0.4) is 0 Å². The fourth-order valence-corrected chi connectivity index (χ4v) is 5.16. The average Bonchev–Trinajstić information content (AvgIpc) is 2.29. The summed E-state index contributed by atoms with van der Waals surface area (Å²) in [7, 11) is -1.01. The van der Waals surface area contributed by atoms with Gasteiger partial charge in [0, 0.05) is 0 Å². The van der Waals surface area contributed by atoms with Crippen molar-refractivity contribution in [1.29, 1.82) is 0 Å². The van der Waals surface area contributed by atoms with Crippen LogP contribution in [-0.2, 0) is 0 Å². The number of hydrogen-bond acceptors (Lipinski definition) is 0. The molecule has 1 unspecified atom stereocenters. The largest absolute Gasteiger partial charge is 0.0689 e. The van der Waals surface area contributed by atoms with E-state index in [1.807, 2.05) is 0 Å². The van der Waals surface area contributed by atoms with Crippen LogP contribution >= 0.6 is 0 Å². The van der Waals surface area contributed by atoms with Gasteiger partial charge in [0.2, 0.25) is 0 Å². The van der Waals surface area contributed by atoms with E-state index in [1.165, 1.54) is 6.42 Å². The zero-order valence-electron chi connectivity index (χ0n) is 8.94. The van der Waals surface area contributed by atoms with Crippen molar-refractivity contribution in [3.63, 3.8) is 0 Å². The van der Waals surface area contributed by atoms with Gasteiger partial charge in [-0.15, -0.1) is 0 Å². The minimum Gasteiger partial charge on any atom is -0.0689 e. The van der Waals surface area contributed by atoms with Gasteiger partial charge >= 0.3 is 0 Å². The highest BCUT2D eigenvalue weighted by molar-refractivity contribution is 6.79. The Kier molecular flexibility index (Phi) is 2.62. The lowest BCUT2D eigenvalue weighted by Crippen LogP contribution is -2.29. The monoisotopic (exact) mass is 180 g/mol. The molecule has 0 spiro atoms. The molecule has 0 bridgehead atoms. The van der Waals surface area contributed by atoms with Gasteiger partial charge in [0.1, 0.15) is 0 Å². The Morgan fingerprint density at radius 2 is 1.83 bits per heavy atom. The Morgan fingerprint density at radius 1 is 1.25 bits per heavy atom. The summed E-state index contributed by atoms with van der Waals surface area (Å²) >= 11 is 0. The van der Waals surface area contributed by atoms with Crippen LogP contribution in [-0.4, -0.2) is 8.07 Å². The molecule has 0 N–H and O–H groups in total. The number of allylic oxidation sites excluding steroid dienone is 4. The number of rotatable bonds is 2. The maximum atomic E-state index is 2.46. The molecule has 1 heteroatoms. The van der Waals surface area contributed by atoms with Crippen LogP contribution < -0.4 is 0 Å². The highest BCUT2D eigenvalue weighted by Crippen LogP contribution is 2.41. The molecule has 12 heavy (non-hydrogen) atoms. The molecule has 0 radical (unpaired) electrons. The second kappa shape index (κ2) is 3.21. The molecule has 1 atom stereocenters. The van der Waals surface area contributed by atoms with Gasteiger partial charge in [-0.3, -0.25) is 0 Å². The lowest BCUT2D eigenvalue weighted by Gasteiger charge is -2.29. The predicted octanol–water partition coefficient (Wildman–Crippen LogP) is 3.99. The van der Waals surface area contributed by atoms with E-state index < -0.39 is 8.07 Å². The Labute approximate surface area is 77.4 Å². The molecule has 0 saturated heterocycles. The fourth-order valence-electron chi connectivity index (χ4n) is 2.28. The van der Waals surface area contributed by atoms with Crippen molar-refractivity contribution < 1.29 is 0 Å². The predicted molar refractivity (Wildman–Crippen MR) is 59.2 cm³/mol. The summed E-state index contributed by atoms with van der Waals surface area (Å²) < 4.78 is 0. The molecule has 0 aromatic carbocycles. The van der Waals surface area contributed by atoms with Crippen LogP contribution in [0.25, 0.3) is 0 Å². The van der Waals surface area contributed by atoms with E-state index in [2.05, 4.69) is 45.6 Å². The Balaban J connectivity index is 2.88.